The number of anilines is 3. The van der Waals surface area contributed by atoms with Crippen molar-refractivity contribution >= 4 is 43.8 Å². The topological polar surface area (TPSA) is 85.8 Å². The van der Waals surface area contributed by atoms with E-state index in [2.05, 4.69) is 19.5 Å². The van der Waals surface area contributed by atoms with Crippen LogP contribution in [0.1, 0.15) is 21.8 Å². The molecule has 1 saturated heterocycles. The second kappa shape index (κ2) is 10.1. The lowest BCUT2D eigenvalue weighted by Crippen LogP contribution is -2.55. The number of halogens is 1. The van der Waals surface area contributed by atoms with Crippen LogP contribution in [-0.4, -0.2) is 63.0 Å². The van der Waals surface area contributed by atoms with E-state index in [1.165, 1.54) is 17.4 Å². The van der Waals surface area contributed by atoms with Crippen LogP contribution in [0.2, 0.25) is 0 Å². The number of fused-ring (bicyclic) bond motifs is 1. The summed E-state index contributed by atoms with van der Waals surface area (Å²) in [4.78, 5) is 23.6. The number of carbonyl (C=O) groups is 1. The van der Waals surface area contributed by atoms with E-state index in [1.54, 1.807) is 48.0 Å². The molecular formula is C25H32FN5O3S2. The third-order valence-corrected chi connectivity index (χ3v) is 8.95. The predicted octanol–water partition coefficient (Wildman–Crippen LogP) is 4.06. The van der Waals surface area contributed by atoms with Crippen molar-refractivity contribution < 1.29 is 20.5 Å². The van der Waals surface area contributed by atoms with Gasteiger partial charge < -0.3 is 14.7 Å². The molecule has 5 rings (SSSR count). The van der Waals surface area contributed by atoms with Gasteiger partial charge in [-0.1, -0.05) is 0 Å². The van der Waals surface area contributed by atoms with Gasteiger partial charge in [-0.3, -0.25) is 9.52 Å². The highest BCUT2D eigenvalue weighted by Gasteiger charge is 2.31. The van der Waals surface area contributed by atoms with Gasteiger partial charge in [-0.15, -0.1) is 11.3 Å². The van der Waals surface area contributed by atoms with E-state index >= 15 is 0 Å². The Kier molecular flexibility index (Phi) is 6.85. The van der Waals surface area contributed by atoms with Crippen LogP contribution in [0.4, 0.5) is 20.9 Å². The maximum Gasteiger partial charge on any atom is 0.263 e. The number of amides is 1. The molecule has 0 radical (unpaired) electrons. The molecule has 3 aromatic rings. The molecule has 1 aromatic heterocycles. The van der Waals surface area contributed by atoms with E-state index < -0.39 is 10.0 Å². The van der Waals surface area contributed by atoms with E-state index in [1.807, 2.05) is 11.8 Å². The number of nitrogens with zero attached hydrogens (tertiary/aromatic N) is 4. The smallest absolute Gasteiger partial charge is 0.263 e. The highest BCUT2D eigenvalue weighted by Crippen LogP contribution is 2.30. The van der Waals surface area contributed by atoms with E-state index in [4.69, 9.17) is 0 Å². The van der Waals surface area contributed by atoms with Crippen molar-refractivity contribution in [2.75, 3.05) is 47.2 Å². The van der Waals surface area contributed by atoms with Crippen molar-refractivity contribution in [3.05, 3.63) is 65.4 Å². The molecule has 1 amide bonds. The zero-order valence-corrected chi connectivity index (χ0v) is 21.6. The van der Waals surface area contributed by atoms with Gasteiger partial charge in [0.25, 0.3) is 10.0 Å². The lowest BCUT2D eigenvalue weighted by Gasteiger charge is -2.41. The number of thiazole rings is 1. The van der Waals surface area contributed by atoms with Crippen molar-refractivity contribution in [2.45, 2.75) is 30.7 Å². The molecule has 0 aliphatic carbocycles. The molecule has 3 heterocycles. The highest BCUT2D eigenvalue weighted by atomic mass is 32.2. The minimum absolute atomic E-state index is 0. The number of hydrogen-bond acceptors (Lipinski definition) is 7. The Labute approximate surface area is 217 Å². The molecule has 1 N–H and O–H groups in total. The van der Waals surface area contributed by atoms with Crippen molar-refractivity contribution in [3.63, 3.8) is 0 Å². The molecule has 2 aliphatic heterocycles. The lowest BCUT2D eigenvalue weighted by molar-refractivity contribution is -0.132. The van der Waals surface area contributed by atoms with Crippen LogP contribution in [0.5, 0.6) is 0 Å². The molecule has 8 nitrogen and oxygen atoms in total. The lowest BCUT2D eigenvalue weighted by atomic mass is 9.99. The van der Waals surface area contributed by atoms with Crippen molar-refractivity contribution in [1.29, 1.82) is 0 Å². The van der Waals surface area contributed by atoms with Crippen LogP contribution < -0.4 is 14.5 Å². The summed E-state index contributed by atoms with van der Waals surface area (Å²) in [6.45, 7) is 5.18. The summed E-state index contributed by atoms with van der Waals surface area (Å²) in [5.41, 5.74) is 2.81. The molecule has 2 aromatic carbocycles. The summed E-state index contributed by atoms with van der Waals surface area (Å²) < 4.78 is 41.3. The van der Waals surface area contributed by atoms with E-state index in [-0.39, 0.29) is 25.5 Å². The molecule has 194 valence electrons. The monoisotopic (exact) mass is 533 g/mol. The zero-order valence-electron chi connectivity index (χ0n) is 19.9. The first kappa shape index (κ1) is 24.5. The minimum atomic E-state index is -3.69. The fraction of sp³-hybridized carbons (Fsp3) is 0.360. The van der Waals surface area contributed by atoms with Gasteiger partial charge in [-0.05, 0) is 67.8 Å². The maximum absolute atomic E-state index is 13.7. The van der Waals surface area contributed by atoms with Gasteiger partial charge in [-0.2, -0.15) is 0 Å². The molecule has 1 fully saturated rings. The van der Waals surface area contributed by atoms with Gasteiger partial charge in [0.15, 0.2) is 5.13 Å². The first-order chi connectivity index (χ1) is 17.3. The number of carbonyl (C=O) groups excluding carboxylic acids is 1. The summed E-state index contributed by atoms with van der Waals surface area (Å²) in [7, 11) is -3.69. The summed E-state index contributed by atoms with van der Waals surface area (Å²) in [5, 5.41) is 2.04. The zero-order chi connectivity index (χ0) is 25.3. The van der Waals surface area contributed by atoms with Crippen LogP contribution in [0.3, 0.4) is 0 Å². The van der Waals surface area contributed by atoms with Gasteiger partial charge >= 0.3 is 0 Å². The fourth-order valence-electron chi connectivity index (χ4n) is 4.86. The van der Waals surface area contributed by atoms with Crippen LogP contribution in [0, 0.1) is 5.82 Å². The molecule has 11 heteroatoms. The van der Waals surface area contributed by atoms with E-state index in [9.17, 15) is 17.6 Å². The van der Waals surface area contributed by atoms with Gasteiger partial charge in [0.05, 0.1) is 4.90 Å². The van der Waals surface area contributed by atoms with Gasteiger partial charge in [0.1, 0.15) is 11.9 Å². The second-order valence-corrected chi connectivity index (χ2v) is 11.6. The molecule has 0 saturated carbocycles. The van der Waals surface area contributed by atoms with Gasteiger partial charge in [0, 0.05) is 58.5 Å². The first-order valence-corrected chi connectivity index (χ1v) is 14.3. The fourth-order valence-corrected chi connectivity index (χ4v) is 6.65. The number of sulfonamides is 1. The first-order valence-electron chi connectivity index (χ1n) is 11.9. The third kappa shape index (κ3) is 5.03. The number of aryl methyl sites for hydroxylation is 1. The summed E-state index contributed by atoms with van der Waals surface area (Å²) in [6, 6.07) is 11.2. The predicted molar refractivity (Wildman–Crippen MR) is 144 cm³/mol. The van der Waals surface area contributed by atoms with E-state index in [0.717, 1.165) is 36.3 Å². The minimum Gasteiger partial charge on any atom is -0.368 e. The molecule has 2 aliphatic rings. The Balaban J connectivity index is 0.00000200. The van der Waals surface area contributed by atoms with Gasteiger partial charge in [-0.25, -0.2) is 17.8 Å². The average molecular weight is 534 g/mol. The number of piperazine rings is 1. The van der Waals surface area contributed by atoms with Crippen LogP contribution in [0.25, 0.3) is 0 Å². The summed E-state index contributed by atoms with van der Waals surface area (Å²) >= 11 is 1.22. The SMILES string of the molecule is C[C@@H](C(=O)N1CCN(c2ccc(S(=O)(=O)Nc3nccs3)cc2)CC1)N1CCCc2cc(F)ccc21.[HH].[HH]. The largest absolute Gasteiger partial charge is 0.368 e. The number of benzene rings is 2. The Morgan fingerprint density at radius 2 is 1.86 bits per heavy atom. The Hall–Kier alpha value is -3.18. The number of nitrogens with one attached hydrogen (secondary N) is 1. The molecule has 1 atom stereocenters. The number of aromatic nitrogens is 1. The summed E-state index contributed by atoms with van der Waals surface area (Å²) in [5.74, 6) is -0.173. The Morgan fingerprint density at radius 1 is 1.11 bits per heavy atom. The van der Waals surface area contributed by atoms with Gasteiger partial charge in [0.2, 0.25) is 5.91 Å². The van der Waals surface area contributed by atoms with Crippen LogP contribution >= 0.6 is 11.3 Å². The van der Waals surface area contributed by atoms with E-state index in [0.29, 0.717) is 31.3 Å². The maximum atomic E-state index is 13.7. The van der Waals surface area contributed by atoms with Crippen LogP contribution in [-0.2, 0) is 21.2 Å². The van der Waals surface area contributed by atoms with Crippen molar-refractivity contribution in [2.24, 2.45) is 0 Å². The second-order valence-electron chi connectivity index (χ2n) is 8.99. The van der Waals surface area contributed by atoms with Crippen molar-refractivity contribution in [3.8, 4) is 0 Å². The molecular weight excluding hydrogens is 501 g/mol. The van der Waals surface area contributed by atoms with Crippen molar-refractivity contribution in [1.82, 2.24) is 9.88 Å². The third-order valence-electron chi connectivity index (χ3n) is 6.78. The molecule has 36 heavy (non-hydrogen) atoms. The number of rotatable bonds is 6. The number of hydrogen-bond donors (Lipinski definition) is 1. The standard InChI is InChI=1S/C25H28FN5O3S2.2H2/c1-18(31-11-2-3-19-17-20(26)4-9-23(19)31)24(32)30-14-12-29(13-15-30)21-5-7-22(8-6-21)36(33,34)28-25-27-10-16-35-25;;/h4-10,16-18H,2-3,11-15H2,1H3,(H,27,28);2*1H/t18-;;/m0../s1. The Bertz CT molecular complexity index is 1340. The quantitative estimate of drug-likeness (QED) is 0.514. The summed E-state index contributed by atoms with van der Waals surface area (Å²) in [6.07, 6.45) is 3.26. The molecule has 0 unspecified atom stereocenters. The normalized spacial score (nSPS) is 17.0. The molecule has 0 spiro atoms. The van der Waals surface area contributed by atoms with Crippen LogP contribution in [0.15, 0.2) is 58.9 Å². The Morgan fingerprint density at radius 3 is 2.56 bits per heavy atom. The highest BCUT2D eigenvalue weighted by molar-refractivity contribution is 7.93. The average Bonchev–Trinajstić information content (AvgIpc) is 3.40. The molecule has 0 bridgehead atoms.